The normalized spacial score (nSPS) is 25.1. The SMILES string of the molecule is C[C@H]1[C@@H](NC(=O)c2cc(=O)[nH]c3ccccc23)CCC[C@@H]1C. The topological polar surface area (TPSA) is 62.0 Å². The summed E-state index contributed by atoms with van der Waals surface area (Å²) in [6, 6.07) is 9.00. The molecule has 0 aliphatic heterocycles. The van der Waals surface area contributed by atoms with Gasteiger partial charge < -0.3 is 10.3 Å². The highest BCUT2D eigenvalue weighted by Gasteiger charge is 2.28. The van der Waals surface area contributed by atoms with Crippen molar-refractivity contribution in [1.29, 1.82) is 0 Å². The summed E-state index contributed by atoms with van der Waals surface area (Å²) in [5.41, 5.74) is 0.920. The van der Waals surface area contributed by atoms with Crippen LogP contribution < -0.4 is 10.9 Å². The largest absolute Gasteiger partial charge is 0.349 e. The molecule has 1 aliphatic rings. The summed E-state index contributed by atoms with van der Waals surface area (Å²) in [6.07, 6.45) is 3.38. The lowest BCUT2D eigenvalue weighted by Crippen LogP contribution is -2.43. The molecule has 0 unspecified atom stereocenters. The van der Waals surface area contributed by atoms with Crippen molar-refractivity contribution in [2.24, 2.45) is 11.8 Å². The molecule has 0 saturated heterocycles. The third kappa shape index (κ3) is 2.78. The molecule has 1 aliphatic carbocycles. The third-order valence-electron chi connectivity index (χ3n) is 5.02. The van der Waals surface area contributed by atoms with Gasteiger partial charge in [-0.05, 0) is 24.3 Å². The summed E-state index contributed by atoms with van der Waals surface area (Å²) in [6.45, 7) is 4.44. The van der Waals surface area contributed by atoms with Gasteiger partial charge in [0.2, 0.25) is 5.56 Å². The lowest BCUT2D eigenvalue weighted by Gasteiger charge is -2.34. The van der Waals surface area contributed by atoms with E-state index in [-0.39, 0.29) is 17.5 Å². The van der Waals surface area contributed by atoms with E-state index in [2.05, 4.69) is 24.1 Å². The number of carbonyl (C=O) groups excluding carboxylic acids is 1. The minimum atomic E-state index is -0.242. The second-order valence-corrected chi connectivity index (χ2v) is 6.44. The maximum absolute atomic E-state index is 12.7. The van der Waals surface area contributed by atoms with Crippen LogP contribution in [0.15, 0.2) is 35.1 Å². The van der Waals surface area contributed by atoms with Gasteiger partial charge in [0.15, 0.2) is 0 Å². The molecule has 3 rings (SSSR count). The van der Waals surface area contributed by atoms with Gasteiger partial charge in [0, 0.05) is 23.0 Å². The lowest BCUT2D eigenvalue weighted by molar-refractivity contribution is 0.0892. The Morgan fingerprint density at radius 1 is 1.23 bits per heavy atom. The van der Waals surface area contributed by atoms with E-state index in [1.165, 1.54) is 12.5 Å². The minimum absolute atomic E-state index is 0.145. The fourth-order valence-electron chi connectivity index (χ4n) is 3.42. The van der Waals surface area contributed by atoms with E-state index >= 15 is 0 Å². The highest BCUT2D eigenvalue weighted by atomic mass is 16.2. The fraction of sp³-hybridized carbons (Fsp3) is 0.444. The molecule has 116 valence electrons. The molecule has 0 spiro atoms. The van der Waals surface area contributed by atoms with E-state index in [1.807, 2.05) is 24.3 Å². The summed E-state index contributed by atoms with van der Waals surface area (Å²) >= 11 is 0. The van der Waals surface area contributed by atoms with Gasteiger partial charge in [-0.25, -0.2) is 0 Å². The molecule has 1 saturated carbocycles. The van der Waals surface area contributed by atoms with E-state index in [0.717, 1.165) is 18.2 Å². The fourth-order valence-corrected chi connectivity index (χ4v) is 3.42. The molecule has 0 radical (unpaired) electrons. The summed E-state index contributed by atoms with van der Waals surface area (Å²) in [4.78, 5) is 27.2. The first-order chi connectivity index (χ1) is 10.6. The number of hydrogen-bond donors (Lipinski definition) is 2. The van der Waals surface area contributed by atoms with Crippen molar-refractivity contribution in [3.05, 3.63) is 46.2 Å². The Morgan fingerprint density at radius 2 is 2.00 bits per heavy atom. The van der Waals surface area contributed by atoms with Crippen LogP contribution in [0.2, 0.25) is 0 Å². The predicted octanol–water partition coefficient (Wildman–Crippen LogP) is 3.08. The molecule has 1 aromatic heterocycles. The Balaban J connectivity index is 1.91. The van der Waals surface area contributed by atoms with Crippen molar-refractivity contribution >= 4 is 16.8 Å². The molecule has 1 aromatic carbocycles. The van der Waals surface area contributed by atoms with E-state index in [1.54, 1.807) is 0 Å². The van der Waals surface area contributed by atoms with Crippen molar-refractivity contribution in [2.45, 2.75) is 39.2 Å². The number of H-pyrrole nitrogens is 1. The molecule has 4 nitrogen and oxygen atoms in total. The molecule has 0 bridgehead atoms. The van der Waals surface area contributed by atoms with Crippen LogP contribution in [0.25, 0.3) is 10.9 Å². The van der Waals surface area contributed by atoms with Crippen LogP contribution in [0.5, 0.6) is 0 Å². The number of rotatable bonds is 2. The summed E-state index contributed by atoms with van der Waals surface area (Å²) in [5.74, 6) is 0.939. The van der Waals surface area contributed by atoms with Gasteiger partial charge in [0.05, 0.1) is 5.56 Å². The maximum atomic E-state index is 12.7. The molecule has 4 heteroatoms. The molecular weight excluding hydrogens is 276 g/mol. The van der Waals surface area contributed by atoms with Gasteiger partial charge in [-0.3, -0.25) is 9.59 Å². The molecule has 2 aromatic rings. The number of amides is 1. The van der Waals surface area contributed by atoms with E-state index in [0.29, 0.717) is 22.9 Å². The lowest BCUT2D eigenvalue weighted by atomic mass is 9.78. The summed E-state index contributed by atoms with van der Waals surface area (Å²) in [5, 5.41) is 3.93. The van der Waals surface area contributed by atoms with Gasteiger partial charge >= 0.3 is 0 Å². The standard InChI is InChI=1S/C18H22N2O2/c1-11-6-5-9-15(12(11)2)20-18(22)14-10-17(21)19-16-8-4-3-7-13(14)16/h3-4,7-8,10-12,15H,5-6,9H2,1-2H3,(H,19,21)(H,20,22)/t11-,12+,15-/m0/s1. The minimum Gasteiger partial charge on any atom is -0.349 e. The zero-order valence-corrected chi connectivity index (χ0v) is 13.1. The third-order valence-corrected chi connectivity index (χ3v) is 5.02. The summed E-state index contributed by atoms with van der Waals surface area (Å²) in [7, 11) is 0. The Kier molecular flexibility index (Phi) is 4.01. The van der Waals surface area contributed by atoms with Crippen LogP contribution in [0.3, 0.4) is 0 Å². The number of aromatic nitrogens is 1. The second kappa shape index (κ2) is 5.95. The number of hydrogen-bond acceptors (Lipinski definition) is 2. The highest BCUT2D eigenvalue weighted by Crippen LogP contribution is 2.29. The predicted molar refractivity (Wildman–Crippen MR) is 88.0 cm³/mol. The molecule has 3 atom stereocenters. The van der Waals surface area contributed by atoms with Crippen LogP contribution in [0, 0.1) is 11.8 Å². The van der Waals surface area contributed by atoms with Gasteiger partial charge in [-0.1, -0.05) is 44.9 Å². The van der Waals surface area contributed by atoms with Crippen LogP contribution in [0.1, 0.15) is 43.5 Å². The highest BCUT2D eigenvalue weighted by molar-refractivity contribution is 6.06. The van der Waals surface area contributed by atoms with Crippen molar-refractivity contribution in [2.75, 3.05) is 0 Å². The number of para-hydroxylation sites is 1. The Labute approximate surface area is 129 Å². The van der Waals surface area contributed by atoms with Gasteiger partial charge in [-0.15, -0.1) is 0 Å². The first-order valence-corrected chi connectivity index (χ1v) is 7.99. The Morgan fingerprint density at radius 3 is 2.82 bits per heavy atom. The van der Waals surface area contributed by atoms with Crippen LogP contribution in [-0.2, 0) is 0 Å². The van der Waals surface area contributed by atoms with E-state index < -0.39 is 0 Å². The maximum Gasteiger partial charge on any atom is 0.252 e. The smallest absolute Gasteiger partial charge is 0.252 e. The van der Waals surface area contributed by atoms with Crippen LogP contribution >= 0.6 is 0 Å². The molecular formula is C18H22N2O2. The summed E-state index contributed by atoms with van der Waals surface area (Å²) < 4.78 is 0. The zero-order valence-electron chi connectivity index (χ0n) is 13.1. The zero-order chi connectivity index (χ0) is 15.7. The van der Waals surface area contributed by atoms with Crippen molar-refractivity contribution in [3.63, 3.8) is 0 Å². The molecule has 1 fully saturated rings. The molecule has 1 heterocycles. The number of carbonyl (C=O) groups is 1. The molecule has 2 N–H and O–H groups in total. The quantitative estimate of drug-likeness (QED) is 0.895. The number of pyridine rings is 1. The monoisotopic (exact) mass is 298 g/mol. The van der Waals surface area contributed by atoms with Crippen LogP contribution in [-0.4, -0.2) is 16.9 Å². The number of fused-ring (bicyclic) bond motifs is 1. The number of nitrogens with one attached hydrogen (secondary N) is 2. The molecule has 1 amide bonds. The van der Waals surface area contributed by atoms with Gasteiger partial charge in [0.25, 0.3) is 5.91 Å². The van der Waals surface area contributed by atoms with E-state index in [4.69, 9.17) is 0 Å². The Bertz CT molecular complexity index is 750. The number of benzene rings is 1. The second-order valence-electron chi connectivity index (χ2n) is 6.44. The van der Waals surface area contributed by atoms with Crippen LogP contribution in [0.4, 0.5) is 0 Å². The average Bonchev–Trinajstić information content (AvgIpc) is 2.51. The first kappa shape index (κ1) is 14.8. The first-order valence-electron chi connectivity index (χ1n) is 7.99. The van der Waals surface area contributed by atoms with Crippen molar-refractivity contribution in [1.82, 2.24) is 10.3 Å². The van der Waals surface area contributed by atoms with Gasteiger partial charge in [0.1, 0.15) is 0 Å². The van der Waals surface area contributed by atoms with E-state index in [9.17, 15) is 9.59 Å². The Hall–Kier alpha value is -2.10. The van der Waals surface area contributed by atoms with Gasteiger partial charge in [-0.2, -0.15) is 0 Å². The van der Waals surface area contributed by atoms with Crippen molar-refractivity contribution in [3.8, 4) is 0 Å². The average molecular weight is 298 g/mol. The molecule has 22 heavy (non-hydrogen) atoms. The van der Waals surface area contributed by atoms with Crippen molar-refractivity contribution < 1.29 is 4.79 Å². The number of aromatic amines is 1.